The molecule has 0 fully saturated rings. The highest BCUT2D eigenvalue weighted by atomic mass is 32.2. The van der Waals surface area contributed by atoms with E-state index in [1.165, 1.54) is 19.2 Å². The summed E-state index contributed by atoms with van der Waals surface area (Å²) in [6.45, 7) is 1.08. The van der Waals surface area contributed by atoms with Gasteiger partial charge in [-0.05, 0) is 24.6 Å². The predicted molar refractivity (Wildman–Crippen MR) is 62.7 cm³/mol. The molecule has 5 nitrogen and oxygen atoms in total. The van der Waals surface area contributed by atoms with Gasteiger partial charge in [-0.15, -0.1) is 0 Å². The number of sulfone groups is 1. The van der Waals surface area contributed by atoms with Gasteiger partial charge in [-0.2, -0.15) is 0 Å². The summed E-state index contributed by atoms with van der Waals surface area (Å²) in [5.74, 6) is -2.64. The van der Waals surface area contributed by atoms with Gasteiger partial charge < -0.3 is 9.84 Å². The quantitative estimate of drug-likeness (QED) is 0.874. The third kappa shape index (κ3) is 3.19. The van der Waals surface area contributed by atoms with Crippen molar-refractivity contribution in [1.82, 2.24) is 0 Å². The summed E-state index contributed by atoms with van der Waals surface area (Å²) >= 11 is 0. The van der Waals surface area contributed by atoms with Crippen LogP contribution in [0.4, 0.5) is 4.39 Å². The van der Waals surface area contributed by atoms with E-state index in [-0.39, 0.29) is 11.3 Å². The molecular formula is C11H13FO5S. The summed E-state index contributed by atoms with van der Waals surface area (Å²) in [6.07, 6.45) is 0. The zero-order valence-electron chi connectivity index (χ0n) is 9.88. The Bertz CT molecular complexity index is 553. The first-order chi connectivity index (χ1) is 8.27. The molecule has 1 aromatic carbocycles. The average molecular weight is 276 g/mol. The van der Waals surface area contributed by atoms with Crippen molar-refractivity contribution in [2.24, 2.45) is 0 Å². The van der Waals surface area contributed by atoms with E-state index >= 15 is 0 Å². The fourth-order valence-corrected chi connectivity index (χ4v) is 2.51. The van der Waals surface area contributed by atoms with Crippen LogP contribution in [0, 0.1) is 5.82 Å². The number of halogens is 1. The Morgan fingerprint density at radius 3 is 2.56 bits per heavy atom. The second-order valence-electron chi connectivity index (χ2n) is 3.76. The Labute approximate surface area is 104 Å². The lowest BCUT2D eigenvalue weighted by Gasteiger charge is -2.09. The molecule has 0 spiro atoms. The van der Waals surface area contributed by atoms with Crippen molar-refractivity contribution in [3.8, 4) is 5.75 Å². The molecule has 0 saturated carbocycles. The van der Waals surface area contributed by atoms with Crippen molar-refractivity contribution in [2.45, 2.75) is 17.9 Å². The molecule has 0 aliphatic carbocycles. The number of methoxy groups -OCH3 is 1. The van der Waals surface area contributed by atoms with E-state index in [2.05, 4.69) is 0 Å². The summed E-state index contributed by atoms with van der Waals surface area (Å²) in [5.41, 5.74) is 0.182. The molecule has 1 aromatic rings. The van der Waals surface area contributed by atoms with Gasteiger partial charge in [-0.25, -0.2) is 12.8 Å². The van der Waals surface area contributed by atoms with Gasteiger partial charge in [0.05, 0.1) is 12.9 Å². The van der Waals surface area contributed by atoms with Crippen molar-refractivity contribution in [3.05, 3.63) is 29.6 Å². The SMILES string of the molecule is COc1ccc(CS(=O)(=O)C(C)C(=O)O)cc1F. The summed E-state index contributed by atoms with van der Waals surface area (Å²) in [6, 6.07) is 3.70. The van der Waals surface area contributed by atoms with E-state index in [0.29, 0.717) is 0 Å². The fourth-order valence-electron chi connectivity index (χ4n) is 1.31. The molecule has 7 heteroatoms. The molecule has 0 aliphatic heterocycles. The van der Waals surface area contributed by atoms with Crippen LogP contribution in [-0.4, -0.2) is 31.9 Å². The number of aliphatic carboxylic acids is 1. The highest BCUT2D eigenvalue weighted by molar-refractivity contribution is 7.91. The Morgan fingerprint density at radius 1 is 1.50 bits per heavy atom. The summed E-state index contributed by atoms with van der Waals surface area (Å²) in [4.78, 5) is 10.6. The van der Waals surface area contributed by atoms with Gasteiger partial charge in [-0.3, -0.25) is 4.79 Å². The standard InChI is InChI=1S/C11H13FO5S/c1-7(11(13)14)18(15,16)6-8-3-4-10(17-2)9(12)5-8/h3-5,7H,6H2,1-2H3,(H,13,14). The Morgan fingerprint density at radius 2 is 2.11 bits per heavy atom. The van der Waals surface area contributed by atoms with E-state index in [0.717, 1.165) is 13.0 Å². The predicted octanol–water partition coefficient (Wildman–Crippen LogP) is 1.22. The highest BCUT2D eigenvalue weighted by Gasteiger charge is 2.27. The van der Waals surface area contributed by atoms with Crippen molar-refractivity contribution in [1.29, 1.82) is 0 Å². The highest BCUT2D eigenvalue weighted by Crippen LogP contribution is 2.20. The maximum Gasteiger partial charge on any atom is 0.321 e. The molecule has 0 radical (unpaired) electrons. The van der Waals surface area contributed by atoms with Crippen LogP contribution < -0.4 is 4.74 Å². The summed E-state index contributed by atoms with van der Waals surface area (Å²) < 4.78 is 41.4. The number of carboxylic acid groups (broad SMARTS) is 1. The van der Waals surface area contributed by atoms with Crippen LogP contribution in [0.1, 0.15) is 12.5 Å². The van der Waals surface area contributed by atoms with Crippen LogP contribution in [0.25, 0.3) is 0 Å². The van der Waals surface area contributed by atoms with Gasteiger partial charge in [0.1, 0.15) is 0 Å². The maximum atomic E-state index is 13.3. The smallest absolute Gasteiger partial charge is 0.321 e. The molecule has 0 aromatic heterocycles. The molecule has 18 heavy (non-hydrogen) atoms. The zero-order chi connectivity index (χ0) is 13.9. The largest absolute Gasteiger partial charge is 0.494 e. The first-order valence-electron chi connectivity index (χ1n) is 5.04. The van der Waals surface area contributed by atoms with Crippen LogP contribution in [0.3, 0.4) is 0 Å². The first-order valence-corrected chi connectivity index (χ1v) is 6.76. The van der Waals surface area contributed by atoms with E-state index < -0.39 is 32.6 Å². The van der Waals surface area contributed by atoms with Crippen molar-refractivity contribution in [2.75, 3.05) is 7.11 Å². The van der Waals surface area contributed by atoms with Crippen molar-refractivity contribution < 1.29 is 27.4 Å². The van der Waals surface area contributed by atoms with Crippen molar-refractivity contribution >= 4 is 15.8 Å². The number of carbonyl (C=O) groups is 1. The minimum absolute atomic E-state index is 0.00225. The number of ether oxygens (including phenoxy) is 1. The lowest BCUT2D eigenvalue weighted by molar-refractivity contribution is -0.136. The van der Waals surface area contributed by atoms with Gasteiger partial charge >= 0.3 is 5.97 Å². The van der Waals surface area contributed by atoms with Crippen LogP contribution in [0.2, 0.25) is 0 Å². The topological polar surface area (TPSA) is 80.7 Å². The monoisotopic (exact) mass is 276 g/mol. The fraction of sp³-hybridized carbons (Fsp3) is 0.364. The maximum absolute atomic E-state index is 13.3. The minimum Gasteiger partial charge on any atom is -0.494 e. The Balaban J connectivity index is 2.98. The number of benzene rings is 1. The molecule has 0 amide bonds. The normalized spacial score (nSPS) is 13.1. The van der Waals surface area contributed by atoms with Crippen LogP contribution in [-0.2, 0) is 20.4 Å². The van der Waals surface area contributed by atoms with Crippen molar-refractivity contribution in [3.63, 3.8) is 0 Å². The number of rotatable bonds is 5. The van der Waals surface area contributed by atoms with Gasteiger partial charge in [0.25, 0.3) is 0 Å². The van der Waals surface area contributed by atoms with E-state index in [9.17, 15) is 17.6 Å². The summed E-state index contributed by atoms with van der Waals surface area (Å²) in [7, 11) is -2.56. The molecule has 1 atom stereocenters. The number of carboxylic acids is 1. The van der Waals surface area contributed by atoms with Gasteiger partial charge in [0.15, 0.2) is 26.7 Å². The molecule has 100 valence electrons. The van der Waals surface area contributed by atoms with Gasteiger partial charge in [0.2, 0.25) is 0 Å². The lowest BCUT2D eigenvalue weighted by Crippen LogP contribution is -2.28. The average Bonchev–Trinajstić information content (AvgIpc) is 2.27. The van der Waals surface area contributed by atoms with Crippen LogP contribution in [0.15, 0.2) is 18.2 Å². The van der Waals surface area contributed by atoms with E-state index in [4.69, 9.17) is 9.84 Å². The van der Waals surface area contributed by atoms with Gasteiger partial charge in [-0.1, -0.05) is 6.07 Å². The Hall–Kier alpha value is -1.63. The molecule has 1 N–H and O–H groups in total. The first kappa shape index (κ1) is 14.4. The molecule has 0 aliphatic rings. The van der Waals surface area contributed by atoms with Crippen LogP contribution in [0.5, 0.6) is 5.75 Å². The van der Waals surface area contributed by atoms with E-state index in [1.54, 1.807) is 0 Å². The number of hydrogen-bond donors (Lipinski definition) is 1. The Kier molecular flexibility index (Phi) is 4.28. The number of hydrogen-bond acceptors (Lipinski definition) is 4. The molecule has 0 bridgehead atoms. The summed E-state index contributed by atoms with van der Waals surface area (Å²) in [5, 5.41) is 7.13. The zero-order valence-corrected chi connectivity index (χ0v) is 10.7. The minimum atomic E-state index is -3.86. The lowest BCUT2D eigenvalue weighted by atomic mass is 10.2. The third-order valence-electron chi connectivity index (χ3n) is 2.47. The molecule has 1 unspecified atom stereocenters. The molecule has 1 rings (SSSR count). The molecule has 0 heterocycles. The second kappa shape index (κ2) is 5.34. The van der Waals surface area contributed by atoms with E-state index in [1.807, 2.05) is 0 Å². The second-order valence-corrected chi connectivity index (χ2v) is 6.08. The third-order valence-corrected chi connectivity index (χ3v) is 4.49. The molecule has 0 saturated heterocycles. The van der Waals surface area contributed by atoms with Gasteiger partial charge in [0, 0.05) is 0 Å². The molecular weight excluding hydrogens is 263 g/mol. The van der Waals surface area contributed by atoms with Crippen LogP contribution >= 0.6 is 0 Å².